The Morgan fingerprint density at radius 3 is 2.80 bits per heavy atom. The largest absolute Gasteiger partial charge is 0.304 e. The third kappa shape index (κ3) is 1.76. The van der Waals surface area contributed by atoms with Gasteiger partial charge in [0, 0.05) is 12.3 Å². The van der Waals surface area contributed by atoms with E-state index in [2.05, 4.69) is 4.99 Å². The fourth-order valence-corrected chi connectivity index (χ4v) is 1.38. The van der Waals surface area contributed by atoms with E-state index in [0.717, 1.165) is 17.7 Å². The van der Waals surface area contributed by atoms with Crippen LogP contribution in [0.25, 0.3) is 5.57 Å². The second-order valence-electron chi connectivity index (χ2n) is 3.08. The van der Waals surface area contributed by atoms with Gasteiger partial charge in [-0.1, -0.05) is 6.08 Å². The summed E-state index contributed by atoms with van der Waals surface area (Å²) in [6, 6.07) is 3.84. The SMILES string of the molecule is O=[N+]([O-])c1ccc(C2=CCN=C2)cc1F. The number of nitrogens with zero attached hydrogens (tertiary/aromatic N) is 2. The molecule has 0 bridgehead atoms. The van der Waals surface area contributed by atoms with Crippen LogP contribution >= 0.6 is 0 Å². The number of hydrogen-bond donors (Lipinski definition) is 0. The van der Waals surface area contributed by atoms with Crippen LogP contribution in [0.3, 0.4) is 0 Å². The Balaban J connectivity index is 2.41. The molecule has 1 aliphatic heterocycles. The van der Waals surface area contributed by atoms with Gasteiger partial charge in [0.15, 0.2) is 0 Å². The van der Waals surface area contributed by atoms with Gasteiger partial charge in [-0.3, -0.25) is 15.1 Å². The van der Waals surface area contributed by atoms with Crippen LogP contribution in [0, 0.1) is 15.9 Å². The summed E-state index contributed by atoms with van der Waals surface area (Å²) in [5.74, 6) is -0.821. The smallest absolute Gasteiger partial charge is 0.288 e. The standard InChI is InChI=1S/C10H7FN2O2/c11-9-5-7(8-3-4-12-6-8)1-2-10(9)13(14)15/h1-3,5-6H,4H2. The molecule has 0 saturated carbocycles. The molecule has 2 rings (SSSR count). The fourth-order valence-electron chi connectivity index (χ4n) is 1.38. The topological polar surface area (TPSA) is 55.5 Å². The van der Waals surface area contributed by atoms with Crippen molar-refractivity contribution in [3.05, 3.63) is 45.8 Å². The first kappa shape index (κ1) is 9.51. The number of aliphatic imine (C=N–C) groups is 1. The van der Waals surface area contributed by atoms with Crippen molar-refractivity contribution in [3.63, 3.8) is 0 Å². The molecule has 0 amide bonds. The average molecular weight is 206 g/mol. The minimum absolute atomic E-state index is 0.505. The fraction of sp³-hybridized carbons (Fsp3) is 0.100. The summed E-state index contributed by atoms with van der Waals surface area (Å²) in [6.07, 6.45) is 3.46. The van der Waals surface area contributed by atoms with Crippen LogP contribution in [0.5, 0.6) is 0 Å². The Morgan fingerprint density at radius 1 is 1.47 bits per heavy atom. The minimum atomic E-state index is -0.821. The van der Waals surface area contributed by atoms with Crippen LogP contribution in [0.2, 0.25) is 0 Å². The van der Waals surface area contributed by atoms with E-state index in [1.807, 2.05) is 6.08 Å². The van der Waals surface area contributed by atoms with Gasteiger partial charge in [0.25, 0.3) is 0 Å². The first-order chi connectivity index (χ1) is 7.18. The zero-order valence-electron chi connectivity index (χ0n) is 7.68. The van der Waals surface area contributed by atoms with E-state index in [1.165, 1.54) is 6.07 Å². The van der Waals surface area contributed by atoms with Crippen LogP contribution in [0.15, 0.2) is 29.3 Å². The maximum atomic E-state index is 13.2. The van der Waals surface area contributed by atoms with Gasteiger partial charge < -0.3 is 0 Å². The molecule has 76 valence electrons. The predicted molar refractivity (Wildman–Crippen MR) is 54.4 cm³/mol. The second-order valence-corrected chi connectivity index (χ2v) is 3.08. The minimum Gasteiger partial charge on any atom is -0.288 e. The Bertz CT molecular complexity index is 480. The van der Waals surface area contributed by atoms with E-state index >= 15 is 0 Å². The molecule has 15 heavy (non-hydrogen) atoms. The van der Waals surface area contributed by atoms with Crippen LogP contribution in [0.1, 0.15) is 5.56 Å². The summed E-state index contributed by atoms with van der Waals surface area (Å²) in [5.41, 5.74) is 0.900. The third-order valence-corrected chi connectivity index (χ3v) is 2.12. The molecular weight excluding hydrogens is 199 g/mol. The summed E-state index contributed by atoms with van der Waals surface area (Å²) >= 11 is 0. The van der Waals surface area contributed by atoms with Gasteiger partial charge in [-0.05, 0) is 23.3 Å². The van der Waals surface area contributed by atoms with E-state index in [1.54, 1.807) is 6.21 Å². The molecule has 5 heteroatoms. The van der Waals surface area contributed by atoms with E-state index in [0.29, 0.717) is 12.1 Å². The van der Waals surface area contributed by atoms with Gasteiger partial charge in [0.1, 0.15) is 0 Å². The molecule has 0 fully saturated rings. The monoisotopic (exact) mass is 206 g/mol. The molecule has 0 N–H and O–H groups in total. The highest BCUT2D eigenvalue weighted by Crippen LogP contribution is 2.22. The van der Waals surface area contributed by atoms with Crippen molar-refractivity contribution in [1.82, 2.24) is 0 Å². The zero-order valence-corrected chi connectivity index (χ0v) is 7.68. The van der Waals surface area contributed by atoms with Crippen molar-refractivity contribution in [2.24, 2.45) is 4.99 Å². The molecule has 1 aromatic rings. The number of rotatable bonds is 2. The van der Waals surface area contributed by atoms with Crippen molar-refractivity contribution in [1.29, 1.82) is 0 Å². The highest BCUT2D eigenvalue weighted by molar-refractivity contribution is 6.11. The normalized spacial score (nSPS) is 14.1. The van der Waals surface area contributed by atoms with Gasteiger partial charge in [-0.25, -0.2) is 0 Å². The zero-order chi connectivity index (χ0) is 10.8. The van der Waals surface area contributed by atoms with Gasteiger partial charge in [-0.2, -0.15) is 4.39 Å². The Labute approximate surface area is 84.9 Å². The molecule has 0 spiro atoms. The molecule has 1 aliphatic rings. The van der Waals surface area contributed by atoms with Crippen molar-refractivity contribution < 1.29 is 9.31 Å². The van der Waals surface area contributed by atoms with Crippen molar-refractivity contribution in [2.75, 3.05) is 6.54 Å². The molecule has 1 heterocycles. The second kappa shape index (κ2) is 3.61. The lowest BCUT2D eigenvalue weighted by atomic mass is 10.1. The molecule has 0 unspecified atom stereocenters. The Kier molecular flexibility index (Phi) is 2.29. The Hall–Kier alpha value is -2.04. The quantitative estimate of drug-likeness (QED) is 0.550. The Morgan fingerprint density at radius 2 is 2.27 bits per heavy atom. The molecule has 0 atom stereocenters. The number of nitro groups is 1. The lowest BCUT2D eigenvalue weighted by molar-refractivity contribution is -0.387. The molecule has 0 saturated heterocycles. The first-order valence-corrected chi connectivity index (χ1v) is 4.33. The molecule has 0 aromatic heterocycles. The summed E-state index contributed by atoms with van der Waals surface area (Å²) in [5, 5.41) is 10.4. The molecule has 0 aliphatic carbocycles. The lowest BCUT2D eigenvalue weighted by Gasteiger charge is -1.99. The molecule has 0 radical (unpaired) electrons. The number of allylic oxidation sites excluding steroid dienone is 1. The van der Waals surface area contributed by atoms with E-state index in [9.17, 15) is 14.5 Å². The lowest BCUT2D eigenvalue weighted by Crippen LogP contribution is -1.94. The van der Waals surface area contributed by atoms with Gasteiger partial charge >= 0.3 is 5.69 Å². The van der Waals surface area contributed by atoms with Gasteiger partial charge in [0.05, 0.1) is 11.5 Å². The van der Waals surface area contributed by atoms with Crippen LogP contribution in [0.4, 0.5) is 10.1 Å². The van der Waals surface area contributed by atoms with E-state index in [-0.39, 0.29) is 0 Å². The highest BCUT2D eigenvalue weighted by Gasteiger charge is 2.15. The number of halogens is 1. The maximum Gasteiger partial charge on any atom is 0.304 e. The van der Waals surface area contributed by atoms with E-state index < -0.39 is 16.4 Å². The maximum absolute atomic E-state index is 13.2. The van der Waals surface area contributed by atoms with Crippen LogP contribution < -0.4 is 0 Å². The van der Waals surface area contributed by atoms with Crippen molar-refractivity contribution in [3.8, 4) is 0 Å². The number of nitro benzene ring substituents is 1. The van der Waals surface area contributed by atoms with Crippen LogP contribution in [-0.4, -0.2) is 17.7 Å². The highest BCUT2D eigenvalue weighted by atomic mass is 19.1. The first-order valence-electron chi connectivity index (χ1n) is 4.33. The summed E-state index contributed by atoms with van der Waals surface area (Å²) in [6.45, 7) is 0.577. The van der Waals surface area contributed by atoms with Gasteiger partial charge in [0.2, 0.25) is 5.82 Å². The van der Waals surface area contributed by atoms with Gasteiger partial charge in [-0.15, -0.1) is 0 Å². The number of hydrogen-bond acceptors (Lipinski definition) is 3. The number of benzene rings is 1. The molecule has 4 nitrogen and oxygen atoms in total. The third-order valence-electron chi connectivity index (χ3n) is 2.12. The summed E-state index contributed by atoms with van der Waals surface area (Å²) in [7, 11) is 0. The van der Waals surface area contributed by atoms with Crippen molar-refractivity contribution >= 4 is 17.5 Å². The molecular formula is C10H7FN2O2. The average Bonchev–Trinajstić information content (AvgIpc) is 2.69. The summed E-state index contributed by atoms with van der Waals surface area (Å²) < 4.78 is 13.2. The molecule has 1 aromatic carbocycles. The summed E-state index contributed by atoms with van der Waals surface area (Å²) in [4.78, 5) is 13.6. The van der Waals surface area contributed by atoms with Crippen molar-refractivity contribution in [2.45, 2.75) is 0 Å². The van der Waals surface area contributed by atoms with E-state index in [4.69, 9.17) is 0 Å². The predicted octanol–water partition coefficient (Wildman–Crippen LogP) is 2.20. The van der Waals surface area contributed by atoms with Crippen LogP contribution in [-0.2, 0) is 0 Å².